The molecule has 1 aromatic heterocycles. The van der Waals surface area contributed by atoms with Gasteiger partial charge in [-0.05, 0) is 36.8 Å². The van der Waals surface area contributed by atoms with Crippen molar-refractivity contribution in [2.24, 2.45) is 0 Å². The Balaban J connectivity index is 1.76. The number of aryl methyl sites for hydroxylation is 1. The van der Waals surface area contributed by atoms with Gasteiger partial charge in [-0.2, -0.15) is 0 Å². The fourth-order valence-electron chi connectivity index (χ4n) is 2.96. The fraction of sp³-hybridized carbons (Fsp3) is 0.211. The third-order valence-corrected chi connectivity index (χ3v) is 5.24. The molecule has 0 fully saturated rings. The van der Waals surface area contributed by atoms with Crippen molar-refractivity contribution in [3.63, 3.8) is 0 Å². The van der Waals surface area contributed by atoms with E-state index in [1.807, 2.05) is 35.9 Å². The number of carbonyl (C=O) groups is 1. The van der Waals surface area contributed by atoms with Gasteiger partial charge in [-0.15, -0.1) is 10.2 Å². The van der Waals surface area contributed by atoms with Crippen LogP contribution in [0.1, 0.15) is 15.9 Å². The van der Waals surface area contributed by atoms with E-state index in [2.05, 4.69) is 10.2 Å². The number of fused-ring (bicyclic) bond motifs is 1. The molecule has 132 valence electrons. The fourth-order valence-corrected chi connectivity index (χ4v) is 3.82. The molecular weight excluding hydrogens is 348 g/mol. The second kappa shape index (κ2) is 6.84. The van der Waals surface area contributed by atoms with Crippen LogP contribution in [0.4, 0.5) is 0 Å². The van der Waals surface area contributed by atoms with Gasteiger partial charge in [0.15, 0.2) is 5.82 Å². The van der Waals surface area contributed by atoms with Gasteiger partial charge in [-0.25, -0.2) is 9.69 Å². The average molecular weight is 366 g/mol. The summed E-state index contributed by atoms with van der Waals surface area (Å²) in [6.07, 6.45) is 0. The molecule has 0 atom stereocenters. The van der Waals surface area contributed by atoms with Crippen molar-refractivity contribution in [2.45, 2.75) is 12.1 Å². The molecule has 0 spiro atoms. The van der Waals surface area contributed by atoms with E-state index in [4.69, 9.17) is 4.74 Å². The third kappa shape index (κ3) is 2.84. The smallest absolute Gasteiger partial charge is 0.272 e. The molecule has 26 heavy (non-hydrogen) atoms. The lowest BCUT2D eigenvalue weighted by Gasteiger charge is -2.29. The number of amides is 1. The molecule has 0 radical (unpaired) electrons. The summed E-state index contributed by atoms with van der Waals surface area (Å²) in [5, 5.41) is 11.1. The number of nitrogens with zero attached hydrogens (tertiary/aromatic N) is 4. The first-order valence-electron chi connectivity index (χ1n) is 8.29. The Kier molecular flexibility index (Phi) is 4.38. The molecule has 6 nitrogen and oxygen atoms in total. The van der Waals surface area contributed by atoms with E-state index in [1.165, 1.54) is 0 Å². The molecule has 0 saturated carbocycles. The lowest BCUT2D eigenvalue weighted by Crippen LogP contribution is -2.45. The molecule has 3 aromatic rings. The Morgan fingerprint density at radius 3 is 2.62 bits per heavy atom. The Labute approximate surface area is 155 Å². The highest BCUT2D eigenvalue weighted by molar-refractivity contribution is 7.99. The van der Waals surface area contributed by atoms with Crippen LogP contribution in [0.2, 0.25) is 0 Å². The predicted octanol–water partition coefficient (Wildman–Crippen LogP) is 3.15. The summed E-state index contributed by atoms with van der Waals surface area (Å²) in [6, 6.07) is 15.1. The number of methoxy groups -OCH3 is 1. The molecule has 0 saturated heterocycles. The lowest BCUT2D eigenvalue weighted by atomic mass is 10.1. The minimum absolute atomic E-state index is 0.0798. The van der Waals surface area contributed by atoms with Crippen LogP contribution in [-0.2, 0) is 0 Å². The van der Waals surface area contributed by atoms with Crippen molar-refractivity contribution < 1.29 is 9.53 Å². The van der Waals surface area contributed by atoms with Crippen molar-refractivity contribution in [3.05, 3.63) is 59.7 Å². The molecule has 1 amide bonds. The van der Waals surface area contributed by atoms with Gasteiger partial charge in [-0.3, -0.25) is 4.79 Å². The number of hydrogen-bond acceptors (Lipinski definition) is 5. The minimum Gasteiger partial charge on any atom is -0.497 e. The maximum absolute atomic E-state index is 13.1. The number of benzene rings is 2. The van der Waals surface area contributed by atoms with Crippen LogP contribution in [0.25, 0.3) is 11.4 Å². The van der Waals surface area contributed by atoms with Crippen LogP contribution >= 0.6 is 11.8 Å². The van der Waals surface area contributed by atoms with Gasteiger partial charge in [0.25, 0.3) is 5.91 Å². The van der Waals surface area contributed by atoms with E-state index < -0.39 is 0 Å². The monoisotopic (exact) mass is 366 g/mol. The van der Waals surface area contributed by atoms with Crippen LogP contribution in [0.15, 0.2) is 53.7 Å². The van der Waals surface area contributed by atoms with Gasteiger partial charge in [0.05, 0.1) is 13.7 Å². The molecule has 0 aliphatic carbocycles. The number of carbonyl (C=O) groups excluding carboxylic acids is 1. The second-order valence-corrected chi connectivity index (χ2v) is 7.00. The van der Waals surface area contributed by atoms with E-state index in [1.54, 1.807) is 48.1 Å². The SMILES string of the molecule is COc1ccc(C(=O)N2CCSc3nnc(-c4ccccc4C)n32)cc1. The van der Waals surface area contributed by atoms with E-state index in [-0.39, 0.29) is 5.91 Å². The average Bonchev–Trinajstić information content (AvgIpc) is 3.12. The summed E-state index contributed by atoms with van der Waals surface area (Å²) in [7, 11) is 1.61. The molecule has 7 heteroatoms. The molecule has 2 aromatic carbocycles. The standard InChI is InChI=1S/C19H18N4O2S/c1-13-5-3-4-6-16(13)17-20-21-19-23(17)22(11-12-26-19)18(24)14-7-9-15(25-2)10-8-14/h3-10H,11-12H2,1-2H3. The zero-order valence-corrected chi connectivity index (χ0v) is 15.4. The molecule has 4 rings (SSSR count). The summed E-state index contributed by atoms with van der Waals surface area (Å²) in [5.41, 5.74) is 2.67. The van der Waals surface area contributed by atoms with Gasteiger partial charge in [0, 0.05) is 16.9 Å². The van der Waals surface area contributed by atoms with Gasteiger partial charge in [0.1, 0.15) is 5.75 Å². The quantitative estimate of drug-likeness (QED) is 0.713. The van der Waals surface area contributed by atoms with E-state index in [9.17, 15) is 4.79 Å². The minimum atomic E-state index is -0.0798. The molecule has 1 aliphatic heterocycles. The van der Waals surface area contributed by atoms with Crippen LogP contribution in [-0.4, -0.2) is 40.2 Å². The molecule has 2 heterocycles. The number of thioether (sulfide) groups is 1. The van der Waals surface area contributed by atoms with Gasteiger partial charge in [-0.1, -0.05) is 36.0 Å². The lowest BCUT2D eigenvalue weighted by molar-refractivity contribution is 0.0956. The van der Waals surface area contributed by atoms with Crippen LogP contribution < -0.4 is 9.75 Å². The zero-order chi connectivity index (χ0) is 18.1. The summed E-state index contributed by atoms with van der Waals surface area (Å²) in [4.78, 5) is 13.1. The first-order valence-corrected chi connectivity index (χ1v) is 9.28. The highest BCUT2D eigenvalue weighted by Gasteiger charge is 2.29. The molecule has 0 N–H and O–H groups in total. The Morgan fingerprint density at radius 2 is 1.88 bits per heavy atom. The Bertz CT molecular complexity index is 952. The maximum atomic E-state index is 13.1. The Hall–Kier alpha value is -2.80. The first kappa shape index (κ1) is 16.7. The van der Waals surface area contributed by atoms with Crippen LogP contribution in [0.5, 0.6) is 5.75 Å². The highest BCUT2D eigenvalue weighted by atomic mass is 32.2. The largest absolute Gasteiger partial charge is 0.497 e. The predicted molar refractivity (Wildman–Crippen MR) is 101 cm³/mol. The summed E-state index contributed by atoms with van der Waals surface area (Å²) < 4.78 is 7.01. The van der Waals surface area contributed by atoms with E-state index >= 15 is 0 Å². The maximum Gasteiger partial charge on any atom is 0.272 e. The number of hydrogen-bond donors (Lipinski definition) is 0. The second-order valence-electron chi connectivity index (χ2n) is 5.94. The van der Waals surface area contributed by atoms with Crippen LogP contribution in [0, 0.1) is 6.92 Å². The normalized spacial score (nSPS) is 13.4. The molecular formula is C19H18N4O2S. The molecule has 1 aliphatic rings. The number of ether oxygens (including phenoxy) is 1. The van der Waals surface area contributed by atoms with Gasteiger partial charge < -0.3 is 4.74 Å². The van der Waals surface area contributed by atoms with Crippen molar-refractivity contribution >= 4 is 17.7 Å². The van der Waals surface area contributed by atoms with Crippen molar-refractivity contribution in [3.8, 4) is 17.1 Å². The summed E-state index contributed by atoms with van der Waals surface area (Å²) in [6.45, 7) is 2.63. The van der Waals surface area contributed by atoms with E-state index in [0.717, 1.165) is 27.8 Å². The van der Waals surface area contributed by atoms with E-state index in [0.29, 0.717) is 17.9 Å². The molecule has 0 bridgehead atoms. The number of rotatable bonds is 3. The first-order chi connectivity index (χ1) is 12.7. The van der Waals surface area contributed by atoms with Gasteiger partial charge >= 0.3 is 0 Å². The summed E-state index contributed by atoms with van der Waals surface area (Å²) >= 11 is 1.61. The summed E-state index contributed by atoms with van der Waals surface area (Å²) in [5.74, 6) is 2.12. The third-order valence-electron chi connectivity index (χ3n) is 4.35. The van der Waals surface area contributed by atoms with Crippen molar-refractivity contribution in [1.29, 1.82) is 0 Å². The van der Waals surface area contributed by atoms with Crippen molar-refractivity contribution in [2.75, 3.05) is 24.4 Å². The Morgan fingerprint density at radius 1 is 1.12 bits per heavy atom. The molecule has 0 unspecified atom stereocenters. The van der Waals surface area contributed by atoms with Crippen molar-refractivity contribution in [1.82, 2.24) is 14.9 Å². The number of aromatic nitrogens is 3. The topological polar surface area (TPSA) is 60.2 Å². The highest BCUT2D eigenvalue weighted by Crippen LogP contribution is 2.30. The van der Waals surface area contributed by atoms with Crippen LogP contribution in [0.3, 0.4) is 0 Å². The van der Waals surface area contributed by atoms with Gasteiger partial charge in [0.2, 0.25) is 5.16 Å². The zero-order valence-electron chi connectivity index (χ0n) is 14.5.